The van der Waals surface area contributed by atoms with E-state index >= 15 is 0 Å². The molecule has 0 aliphatic rings. The molecule has 0 aromatic rings. The molecule has 0 aliphatic carbocycles. The molecule has 0 saturated heterocycles. The van der Waals surface area contributed by atoms with Gasteiger partial charge in [0.15, 0.2) is 22.1 Å². The molecule has 0 aromatic carbocycles. The molecule has 0 heterocycles. The van der Waals surface area contributed by atoms with E-state index in [1.54, 1.807) is 27.7 Å². The van der Waals surface area contributed by atoms with Crippen molar-refractivity contribution in [2.75, 3.05) is 30.8 Å². The number of rotatable bonds is 13. The summed E-state index contributed by atoms with van der Waals surface area (Å²) in [6, 6.07) is 0. The van der Waals surface area contributed by atoms with Crippen molar-refractivity contribution in [1.82, 2.24) is 0 Å². The molecule has 0 aliphatic heterocycles. The van der Waals surface area contributed by atoms with Crippen LogP contribution in [0.1, 0.15) is 55.4 Å². The normalized spacial score (nSPS) is 17.5. The highest BCUT2D eigenvalue weighted by atomic mass is 31.2. The summed E-state index contributed by atoms with van der Waals surface area (Å²) < 4.78 is 56.3. The van der Waals surface area contributed by atoms with Crippen LogP contribution in [0.3, 0.4) is 0 Å². The minimum Gasteiger partial charge on any atom is -0.405 e. The molecule has 2 unspecified atom stereocenters. The van der Waals surface area contributed by atoms with Gasteiger partial charge >= 0.3 is 15.1 Å². The topological polar surface area (TPSA) is 78.9 Å². The molecule has 0 bridgehead atoms. The third kappa shape index (κ3) is 8.76. The summed E-state index contributed by atoms with van der Waals surface area (Å²) in [5, 5.41) is 0. The van der Waals surface area contributed by atoms with Crippen molar-refractivity contribution in [1.29, 1.82) is 0 Å². The van der Waals surface area contributed by atoms with E-state index in [0.29, 0.717) is 30.8 Å². The van der Waals surface area contributed by atoms with Crippen molar-refractivity contribution in [3.8, 4) is 0 Å². The molecule has 2 atom stereocenters. The van der Waals surface area contributed by atoms with Crippen LogP contribution >= 0.6 is 22.1 Å². The van der Waals surface area contributed by atoms with Crippen LogP contribution in [0.2, 0.25) is 0 Å². The summed E-state index contributed by atoms with van der Waals surface area (Å²) in [5.41, 5.74) is -0.201. The fourth-order valence-electron chi connectivity index (χ4n) is 2.25. The molecule has 25 heavy (non-hydrogen) atoms. The van der Waals surface area contributed by atoms with E-state index < -0.39 is 37.3 Å². The predicted molar refractivity (Wildman–Crippen MR) is 109 cm³/mol. The summed E-state index contributed by atoms with van der Waals surface area (Å²) in [5.74, 6) is 0.188. The van der Waals surface area contributed by atoms with E-state index in [1.807, 2.05) is 27.7 Å². The second-order valence-corrected chi connectivity index (χ2v) is 18.6. The Labute approximate surface area is 159 Å². The molecule has 0 rings (SSSR count). The Morgan fingerprint density at radius 3 is 1.48 bits per heavy atom. The quantitative estimate of drug-likeness (QED) is 0.262. The van der Waals surface area contributed by atoms with Crippen molar-refractivity contribution in [2.24, 2.45) is 5.92 Å². The van der Waals surface area contributed by atoms with Crippen molar-refractivity contribution >= 4 is 37.3 Å². The first-order valence-corrected chi connectivity index (χ1v) is 16.5. The molecule has 0 spiro atoms. The third-order valence-electron chi connectivity index (χ3n) is 4.14. The minimum absolute atomic E-state index is 0.188. The molecule has 10 heteroatoms. The maximum Gasteiger partial charge on any atom is 0.921 e. The zero-order valence-electron chi connectivity index (χ0n) is 17.1. The lowest BCUT2D eigenvalue weighted by Crippen LogP contribution is -2.28. The van der Waals surface area contributed by atoms with Crippen LogP contribution in [0.15, 0.2) is 0 Å². The Hall–Kier alpha value is 1.10. The van der Waals surface area contributed by atoms with Crippen LogP contribution in [0, 0.1) is 5.92 Å². The minimum atomic E-state index is -3.08. The summed E-state index contributed by atoms with van der Waals surface area (Å²) in [6.45, 7) is 14.7. The Bertz CT molecular complexity index is 529. The highest BCUT2D eigenvalue weighted by Crippen LogP contribution is 2.58. The van der Waals surface area contributed by atoms with Gasteiger partial charge in [-0.1, -0.05) is 55.4 Å². The Morgan fingerprint density at radius 2 is 1.16 bits per heavy atom. The smallest absolute Gasteiger partial charge is 0.405 e. The van der Waals surface area contributed by atoms with Gasteiger partial charge in [-0.2, -0.15) is 0 Å². The Morgan fingerprint density at radius 1 is 0.720 bits per heavy atom. The summed E-state index contributed by atoms with van der Waals surface area (Å²) in [4.78, 5) is 0. The lowest BCUT2D eigenvalue weighted by Gasteiger charge is -2.29. The first-order valence-electron chi connectivity index (χ1n) is 9.19. The fourth-order valence-corrected chi connectivity index (χ4v) is 13.7. The first kappa shape index (κ1) is 26.1. The summed E-state index contributed by atoms with van der Waals surface area (Å²) in [7, 11) is -8.90. The molecule has 0 N–H and O–H groups in total. The molecule has 0 aromatic heterocycles. The van der Waals surface area contributed by atoms with Gasteiger partial charge in [-0.05, 0) is 5.92 Å². The molecule has 150 valence electrons. The van der Waals surface area contributed by atoms with E-state index in [4.69, 9.17) is 10.7 Å². The number of hydrogen-bond donors (Lipinski definition) is 0. The van der Waals surface area contributed by atoms with Crippen LogP contribution in [0.5, 0.6) is 0 Å². The zero-order valence-corrected chi connectivity index (χ0v) is 20.9. The van der Waals surface area contributed by atoms with Gasteiger partial charge in [0.2, 0.25) is 0 Å². The fraction of sp³-hybridized carbons (Fsp3) is 1.00. The SMILES string of the molecule is CCP(=O)(CC)[O][Al]([O]P(=O)(CC)CC(C)C)[O]P(=O)(CC)C(C)C. The van der Waals surface area contributed by atoms with Gasteiger partial charge in [0.05, 0.1) is 0 Å². The first-order chi connectivity index (χ1) is 11.4. The van der Waals surface area contributed by atoms with E-state index in [-0.39, 0.29) is 11.6 Å². The predicted octanol–water partition coefficient (Wildman–Crippen LogP) is 6.00. The van der Waals surface area contributed by atoms with Crippen molar-refractivity contribution in [3.63, 3.8) is 0 Å². The van der Waals surface area contributed by atoms with Crippen molar-refractivity contribution in [3.05, 3.63) is 0 Å². The van der Waals surface area contributed by atoms with Crippen molar-refractivity contribution in [2.45, 2.75) is 61.0 Å². The molecule has 0 radical (unpaired) electrons. The number of hydrogen-bond acceptors (Lipinski definition) is 6. The second-order valence-electron chi connectivity index (χ2n) is 6.90. The van der Waals surface area contributed by atoms with Gasteiger partial charge in [-0.3, -0.25) is 13.7 Å². The molecule has 6 nitrogen and oxygen atoms in total. The van der Waals surface area contributed by atoms with Crippen LogP contribution in [-0.2, 0) is 24.4 Å². The highest BCUT2D eigenvalue weighted by Gasteiger charge is 2.48. The van der Waals surface area contributed by atoms with Crippen LogP contribution in [-0.4, -0.2) is 51.6 Å². The second kappa shape index (κ2) is 11.2. The maximum atomic E-state index is 13.1. The van der Waals surface area contributed by atoms with Gasteiger partial charge < -0.3 is 10.7 Å². The molecular formula is C15H36AlO6P3. The van der Waals surface area contributed by atoms with Crippen LogP contribution in [0.25, 0.3) is 0 Å². The largest absolute Gasteiger partial charge is 0.921 e. The molecule has 0 fully saturated rings. The van der Waals surface area contributed by atoms with Gasteiger partial charge in [-0.25, -0.2) is 0 Å². The third-order valence-corrected chi connectivity index (χ3v) is 17.3. The summed E-state index contributed by atoms with van der Waals surface area (Å²) >= 11 is -3.08. The van der Waals surface area contributed by atoms with E-state index in [2.05, 4.69) is 0 Å². The van der Waals surface area contributed by atoms with Crippen LogP contribution in [0.4, 0.5) is 0 Å². The zero-order chi connectivity index (χ0) is 19.9. The van der Waals surface area contributed by atoms with Gasteiger partial charge in [0.25, 0.3) is 0 Å². The molecule has 0 amide bonds. The van der Waals surface area contributed by atoms with Gasteiger partial charge in [0, 0.05) is 36.5 Å². The molecule has 0 saturated carbocycles. The average Bonchev–Trinajstić information content (AvgIpc) is 2.53. The lowest BCUT2D eigenvalue weighted by molar-refractivity contribution is 0.302. The van der Waals surface area contributed by atoms with Gasteiger partial charge in [0.1, 0.15) is 0 Å². The Balaban J connectivity index is 5.64. The van der Waals surface area contributed by atoms with E-state index in [1.165, 1.54) is 0 Å². The van der Waals surface area contributed by atoms with Gasteiger partial charge in [-0.15, -0.1) is 0 Å². The van der Waals surface area contributed by atoms with Crippen molar-refractivity contribution < 1.29 is 24.4 Å². The summed E-state index contributed by atoms with van der Waals surface area (Å²) in [6.07, 6.45) is 1.78. The Kier molecular flexibility index (Phi) is 11.7. The molecular weight excluding hydrogens is 396 g/mol. The standard InChI is InChI=1S/C6H15O2P.C5H13O2P.C4H11O2P.Al/c1-4-9(7,8)5-6(2)3;1-4-8(6,7)5(2)3;1-3-7(5,6)4-2;/h6H,4-5H2,1-3H3,(H,7,8);5H,4H2,1-3H3,(H,6,7);3-4H2,1-2H3,(H,5,6);/q;;;+3/p-3. The average molecular weight is 432 g/mol. The monoisotopic (exact) mass is 432 g/mol. The van der Waals surface area contributed by atoms with E-state index in [9.17, 15) is 13.7 Å². The maximum absolute atomic E-state index is 13.1. The lowest BCUT2D eigenvalue weighted by atomic mass is 10.3. The van der Waals surface area contributed by atoms with E-state index in [0.717, 1.165) is 0 Å². The highest BCUT2D eigenvalue weighted by molar-refractivity contribution is 7.63. The van der Waals surface area contributed by atoms with Crippen LogP contribution < -0.4 is 0 Å².